The highest BCUT2D eigenvalue weighted by atomic mass is 16.5. The summed E-state index contributed by atoms with van der Waals surface area (Å²) in [6.07, 6.45) is 1.05. The lowest BCUT2D eigenvalue weighted by Crippen LogP contribution is -2.21. The first-order valence-electron chi connectivity index (χ1n) is 7.26. The molecule has 0 saturated heterocycles. The Kier molecular flexibility index (Phi) is 5.72. The number of carbonyl (C=O) groups excluding carboxylic acids is 1. The van der Waals surface area contributed by atoms with Gasteiger partial charge in [-0.1, -0.05) is 49.4 Å². The van der Waals surface area contributed by atoms with Crippen molar-refractivity contribution < 1.29 is 9.53 Å². The number of carbonyl (C=O) groups is 1. The number of methoxy groups -OCH3 is 1. The second-order valence-electron chi connectivity index (χ2n) is 4.84. The molecule has 0 radical (unpaired) electrons. The van der Waals surface area contributed by atoms with Crippen LogP contribution in [0.5, 0.6) is 5.75 Å². The summed E-state index contributed by atoms with van der Waals surface area (Å²) in [4.78, 5) is 12.0. The molecule has 4 heteroatoms. The van der Waals surface area contributed by atoms with Gasteiger partial charge in [0.25, 0.3) is 0 Å². The fourth-order valence-corrected chi connectivity index (χ4v) is 2.08. The molecule has 22 heavy (non-hydrogen) atoms. The highest BCUT2D eigenvalue weighted by Gasteiger charge is 2.05. The molecule has 0 atom stereocenters. The van der Waals surface area contributed by atoms with E-state index in [0.717, 1.165) is 29.0 Å². The number of hydrogen-bond donors (Lipinski definition) is 1. The van der Waals surface area contributed by atoms with E-state index >= 15 is 0 Å². The zero-order valence-corrected chi connectivity index (χ0v) is 12.9. The van der Waals surface area contributed by atoms with Gasteiger partial charge in [-0.25, -0.2) is 5.43 Å². The summed E-state index contributed by atoms with van der Waals surface area (Å²) < 4.78 is 5.09. The molecule has 1 N–H and O–H groups in total. The molecule has 0 aliphatic rings. The largest absolute Gasteiger partial charge is 0.497 e. The van der Waals surface area contributed by atoms with Gasteiger partial charge in [-0.2, -0.15) is 5.10 Å². The van der Waals surface area contributed by atoms with Gasteiger partial charge in [0.15, 0.2) is 0 Å². The molecule has 0 heterocycles. The molecule has 1 amide bonds. The molecule has 0 saturated carbocycles. The molecular weight excluding hydrogens is 276 g/mol. The number of rotatable bonds is 6. The Balaban J connectivity index is 1.97. The number of benzene rings is 2. The van der Waals surface area contributed by atoms with E-state index < -0.39 is 0 Å². The summed E-state index contributed by atoms with van der Waals surface area (Å²) in [7, 11) is 1.62. The van der Waals surface area contributed by atoms with Gasteiger partial charge in [0.05, 0.1) is 19.2 Å². The normalized spacial score (nSPS) is 11.1. The average molecular weight is 296 g/mol. The maximum Gasteiger partial charge on any atom is 0.244 e. The van der Waals surface area contributed by atoms with Crippen molar-refractivity contribution in [3.63, 3.8) is 0 Å². The predicted molar refractivity (Wildman–Crippen MR) is 88.1 cm³/mol. The minimum atomic E-state index is -0.132. The molecule has 2 rings (SSSR count). The SMILES string of the molecule is CC/C(=N/NC(=O)Cc1ccc(OC)cc1)c1ccccc1. The summed E-state index contributed by atoms with van der Waals surface area (Å²) >= 11 is 0. The topological polar surface area (TPSA) is 50.7 Å². The first-order chi connectivity index (χ1) is 10.7. The van der Waals surface area contributed by atoms with Gasteiger partial charge in [-0.3, -0.25) is 4.79 Å². The van der Waals surface area contributed by atoms with Gasteiger partial charge in [-0.05, 0) is 29.7 Å². The van der Waals surface area contributed by atoms with Crippen LogP contribution in [0.4, 0.5) is 0 Å². The van der Waals surface area contributed by atoms with Crippen molar-refractivity contribution in [1.82, 2.24) is 5.43 Å². The van der Waals surface area contributed by atoms with Gasteiger partial charge < -0.3 is 4.74 Å². The Morgan fingerprint density at radius 2 is 1.77 bits per heavy atom. The zero-order valence-electron chi connectivity index (χ0n) is 12.9. The second kappa shape index (κ2) is 7.98. The average Bonchev–Trinajstić information content (AvgIpc) is 2.57. The van der Waals surface area contributed by atoms with E-state index in [4.69, 9.17) is 4.74 Å². The summed E-state index contributed by atoms with van der Waals surface area (Å²) in [6.45, 7) is 2.02. The number of hydrogen-bond acceptors (Lipinski definition) is 3. The molecule has 2 aromatic rings. The van der Waals surface area contributed by atoms with Crippen LogP contribution in [-0.2, 0) is 11.2 Å². The zero-order chi connectivity index (χ0) is 15.8. The summed E-state index contributed by atoms with van der Waals surface area (Å²) in [6, 6.07) is 17.3. The number of nitrogens with zero attached hydrogens (tertiary/aromatic N) is 1. The fourth-order valence-electron chi connectivity index (χ4n) is 2.08. The van der Waals surface area contributed by atoms with Crippen LogP contribution in [0.1, 0.15) is 24.5 Å². The standard InChI is InChI=1S/C18H20N2O2/c1-3-17(15-7-5-4-6-8-15)19-20-18(21)13-14-9-11-16(22-2)12-10-14/h4-12H,3,13H2,1-2H3,(H,20,21)/b19-17-. The Morgan fingerprint density at radius 3 is 2.36 bits per heavy atom. The van der Waals surface area contributed by atoms with Crippen molar-refractivity contribution in [1.29, 1.82) is 0 Å². The van der Waals surface area contributed by atoms with Crippen LogP contribution >= 0.6 is 0 Å². The molecule has 0 spiro atoms. The first kappa shape index (κ1) is 15.8. The van der Waals surface area contributed by atoms with Gasteiger partial charge in [0, 0.05) is 0 Å². The summed E-state index contributed by atoms with van der Waals surface area (Å²) in [5, 5.41) is 4.23. The van der Waals surface area contributed by atoms with E-state index in [-0.39, 0.29) is 5.91 Å². The lowest BCUT2D eigenvalue weighted by atomic mass is 10.1. The van der Waals surface area contributed by atoms with Gasteiger partial charge >= 0.3 is 0 Å². The van der Waals surface area contributed by atoms with Crippen molar-refractivity contribution in [3.05, 3.63) is 65.7 Å². The van der Waals surface area contributed by atoms with Crippen LogP contribution in [0.15, 0.2) is 59.7 Å². The van der Waals surface area contributed by atoms with E-state index in [9.17, 15) is 4.79 Å². The molecule has 114 valence electrons. The number of hydrazone groups is 1. The Bertz CT molecular complexity index is 634. The summed E-state index contributed by atoms with van der Waals surface area (Å²) in [5.74, 6) is 0.645. The van der Waals surface area contributed by atoms with Crippen molar-refractivity contribution in [2.45, 2.75) is 19.8 Å². The molecule has 0 bridgehead atoms. The smallest absolute Gasteiger partial charge is 0.244 e. The lowest BCUT2D eigenvalue weighted by Gasteiger charge is -2.06. The minimum absolute atomic E-state index is 0.132. The molecule has 4 nitrogen and oxygen atoms in total. The van der Waals surface area contributed by atoms with Crippen molar-refractivity contribution in [3.8, 4) is 5.75 Å². The molecule has 0 aliphatic carbocycles. The van der Waals surface area contributed by atoms with E-state index in [0.29, 0.717) is 6.42 Å². The van der Waals surface area contributed by atoms with Crippen LogP contribution in [0, 0.1) is 0 Å². The van der Waals surface area contributed by atoms with Gasteiger partial charge in [0.1, 0.15) is 5.75 Å². The second-order valence-corrected chi connectivity index (χ2v) is 4.84. The van der Waals surface area contributed by atoms with E-state index in [1.54, 1.807) is 7.11 Å². The minimum Gasteiger partial charge on any atom is -0.497 e. The third kappa shape index (κ3) is 4.45. The highest BCUT2D eigenvalue weighted by Crippen LogP contribution is 2.11. The first-order valence-corrected chi connectivity index (χ1v) is 7.26. The van der Waals surface area contributed by atoms with Gasteiger partial charge in [0.2, 0.25) is 5.91 Å². The van der Waals surface area contributed by atoms with E-state index in [1.165, 1.54) is 0 Å². The van der Waals surface area contributed by atoms with Crippen LogP contribution in [0.3, 0.4) is 0 Å². The molecule has 0 aromatic heterocycles. The fraction of sp³-hybridized carbons (Fsp3) is 0.222. The van der Waals surface area contributed by atoms with Crippen molar-refractivity contribution in [2.75, 3.05) is 7.11 Å². The van der Waals surface area contributed by atoms with Crippen molar-refractivity contribution >= 4 is 11.6 Å². The Morgan fingerprint density at radius 1 is 1.09 bits per heavy atom. The molecular formula is C18H20N2O2. The molecule has 0 aliphatic heterocycles. The van der Waals surface area contributed by atoms with Crippen LogP contribution in [0.2, 0.25) is 0 Å². The molecule has 0 unspecified atom stereocenters. The number of amides is 1. The van der Waals surface area contributed by atoms with Gasteiger partial charge in [-0.15, -0.1) is 0 Å². The molecule has 0 fully saturated rings. The van der Waals surface area contributed by atoms with Crippen LogP contribution in [-0.4, -0.2) is 18.7 Å². The number of nitrogens with one attached hydrogen (secondary N) is 1. The monoisotopic (exact) mass is 296 g/mol. The van der Waals surface area contributed by atoms with Crippen LogP contribution < -0.4 is 10.2 Å². The maximum atomic E-state index is 12.0. The number of ether oxygens (including phenoxy) is 1. The van der Waals surface area contributed by atoms with Crippen LogP contribution in [0.25, 0.3) is 0 Å². The van der Waals surface area contributed by atoms with E-state index in [1.807, 2.05) is 61.5 Å². The molecule has 2 aromatic carbocycles. The third-order valence-corrected chi connectivity index (χ3v) is 3.28. The van der Waals surface area contributed by atoms with Crippen molar-refractivity contribution in [2.24, 2.45) is 5.10 Å². The Hall–Kier alpha value is -2.62. The Labute approximate surface area is 130 Å². The highest BCUT2D eigenvalue weighted by molar-refractivity contribution is 6.00. The lowest BCUT2D eigenvalue weighted by molar-refractivity contribution is -0.120. The van der Waals surface area contributed by atoms with E-state index in [2.05, 4.69) is 10.5 Å². The quantitative estimate of drug-likeness (QED) is 0.657. The third-order valence-electron chi connectivity index (χ3n) is 3.28. The summed E-state index contributed by atoms with van der Waals surface area (Å²) in [5.41, 5.74) is 5.44. The maximum absolute atomic E-state index is 12.0. The predicted octanol–water partition coefficient (Wildman–Crippen LogP) is 3.17.